The van der Waals surface area contributed by atoms with Gasteiger partial charge in [-0.2, -0.15) is 5.10 Å². The van der Waals surface area contributed by atoms with Gasteiger partial charge in [-0.05, 0) is 25.8 Å². The van der Waals surface area contributed by atoms with E-state index in [-0.39, 0.29) is 0 Å². The summed E-state index contributed by atoms with van der Waals surface area (Å²) in [5.41, 5.74) is 2.32. The standard InChI is InChI=1S/C12H17N3.C2H6/c1-8(2)12-10-7-14-15(9(3)4)11(10)5-6-13-12;1-2/h5-9H,1-4H3;1-2H3. The van der Waals surface area contributed by atoms with Crippen LogP contribution >= 0.6 is 0 Å². The first-order valence-corrected chi connectivity index (χ1v) is 6.43. The van der Waals surface area contributed by atoms with Crippen LogP contribution in [0.4, 0.5) is 0 Å². The molecule has 0 atom stereocenters. The van der Waals surface area contributed by atoms with Crippen LogP contribution in [-0.2, 0) is 0 Å². The lowest BCUT2D eigenvalue weighted by Gasteiger charge is -2.09. The molecular weight excluding hydrogens is 210 g/mol. The van der Waals surface area contributed by atoms with Crippen molar-refractivity contribution < 1.29 is 0 Å². The lowest BCUT2D eigenvalue weighted by molar-refractivity contribution is 0.551. The highest BCUT2D eigenvalue weighted by Crippen LogP contribution is 2.24. The monoisotopic (exact) mass is 233 g/mol. The molecule has 0 aliphatic rings. The molecule has 0 amide bonds. The number of pyridine rings is 1. The molecule has 0 spiro atoms. The van der Waals surface area contributed by atoms with Gasteiger partial charge < -0.3 is 0 Å². The molecule has 0 unspecified atom stereocenters. The van der Waals surface area contributed by atoms with Gasteiger partial charge in [-0.15, -0.1) is 0 Å². The van der Waals surface area contributed by atoms with Crippen molar-refractivity contribution in [1.29, 1.82) is 0 Å². The zero-order valence-electron chi connectivity index (χ0n) is 11.7. The van der Waals surface area contributed by atoms with E-state index in [0.29, 0.717) is 12.0 Å². The van der Waals surface area contributed by atoms with Crippen LogP contribution in [0, 0.1) is 0 Å². The maximum atomic E-state index is 4.43. The SMILES string of the molecule is CC.CC(C)c1nccc2c1cnn2C(C)C. The first kappa shape index (κ1) is 13.7. The van der Waals surface area contributed by atoms with Crippen LogP contribution < -0.4 is 0 Å². The molecule has 0 N–H and O–H groups in total. The molecule has 2 rings (SSSR count). The highest BCUT2D eigenvalue weighted by atomic mass is 15.3. The van der Waals surface area contributed by atoms with E-state index in [9.17, 15) is 0 Å². The summed E-state index contributed by atoms with van der Waals surface area (Å²) in [6.07, 6.45) is 3.80. The zero-order valence-corrected chi connectivity index (χ0v) is 11.7. The van der Waals surface area contributed by atoms with E-state index >= 15 is 0 Å². The fourth-order valence-electron chi connectivity index (χ4n) is 1.86. The molecule has 2 heterocycles. The number of hydrogen-bond donors (Lipinski definition) is 0. The molecule has 0 bridgehead atoms. The van der Waals surface area contributed by atoms with Gasteiger partial charge in [0.15, 0.2) is 0 Å². The lowest BCUT2D eigenvalue weighted by Crippen LogP contribution is -2.02. The van der Waals surface area contributed by atoms with Crippen molar-refractivity contribution in [2.45, 2.75) is 53.5 Å². The summed E-state index contributed by atoms with van der Waals surface area (Å²) in [4.78, 5) is 4.43. The van der Waals surface area contributed by atoms with Crippen molar-refractivity contribution in [3.05, 3.63) is 24.2 Å². The number of nitrogens with zero attached hydrogens (tertiary/aromatic N) is 3. The van der Waals surface area contributed by atoms with E-state index in [2.05, 4.69) is 37.8 Å². The molecule has 0 aliphatic carbocycles. The van der Waals surface area contributed by atoms with Crippen LogP contribution in [0.5, 0.6) is 0 Å². The Morgan fingerprint density at radius 2 is 1.76 bits per heavy atom. The maximum Gasteiger partial charge on any atom is 0.0719 e. The Labute approximate surface area is 104 Å². The third kappa shape index (κ3) is 2.65. The van der Waals surface area contributed by atoms with Gasteiger partial charge in [0.1, 0.15) is 0 Å². The minimum atomic E-state index is 0.393. The second-order valence-electron chi connectivity index (χ2n) is 4.47. The van der Waals surface area contributed by atoms with Crippen molar-refractivity contribution in [2.75, 3.05) is 0 Å². The molecule has 0 aliphatic heterocycles. The van der Waals surface area contributed by atoms with Crippen molar-refractivity contribution in [1.82, 2.24) is 14.8 Å². The van der Waals surface area contributed by atoms with Gasteiger partial charge in [-0.3, -0.25) is 9.67 Å². The topological polar surface area (TPSA) is 30.7 Å². The Morgan fingerprint density at radius 1 is 1.12 bits per heavy atom. The first-order chi connectivity index (χ1) is 8.11. The van der Waals surface area contributed by atoms with Gasteiger partial charge in [0.2, 0.25) is 0 Å². The summed E-state index contributed by atoms with van der Waals surface area (Å²) < 4.78 is 2.04. The number of fused-ring (bicyclic) bond motifs is 1. The fraction of sp³-hybridized carbons (Fsp3) is 0.571. The predicted molar refractivity (Wildman–Crippen MR) is 73.4 cm³/mol. The number of rotatable bonds is 2. The van der Waals surface area contributed by atoms with Crippen LogP contribution in [0.1, 0.15) is 59.2 Å². The lowest BCUT2D eigenvalue weighted by atomic mass is 10.1. The molecular formula is C14H23N3. The fourth-order valence-corrected chi connectivity index (χ4v) is 1.86. The van der Waals surface area contributed by atoms with Gasteiger partial charge in [0, 0.05) is 17.6 Å². The molecule has 17 heavy (non-hydrogen) atoms. The van der Waals surface area contributed by atoms with E-state index in [1.807, 2.05) is 37.0 Å². The molecule has 3 nitrogen and oxygen atoms in total. The Bertz CT molecular complexity index is 469. The van der Waals surface area contributed by atoms with Crippen LogP contribution in [0.2, 0.25) is 0 Å². The average molecular weight is 233 g/mol. The van der Waals surface area contributed by atoms with E-state index in [1.165, 1.54) is 10.9 Å². The number of aromatic nitrogens is 3. The van der Waals surface area contributed by atoms with E-state index in [1.54, 1.807) is 0 Å². The third-order valence-corrected chi connectivity index (χ3v) is 2.59. The smallest absolute Gasteiger partial charge is 0.0719 e. The number of hydrogen-bond acceptors (Lipinski definition) is 2. The summed E-state index contributed by atoms with van der Waals surface area (Å²) in [5, 5.41) is 5.60. The summed E-state index contributed by atoms with van der Waals surface area (Å²) in [7, 11) is 0. The summed E-state index contributed by atoms with van der Waals surface area (Å²) in [6, 6.07) is 2.43. The zero-order chi connectivity index (χ0) is 13.0. The Morgan fingerprint density at radius 3 is 2.29 bits per heavy atom. The highest BCUT2D eigenvalue weighted by molar-refractivity contribution is 5.81. The summed E-state index contributed by atoms with van der Waals surface area (Å²) in [6.45, 7) is 12.6. The van der Waals surface area contributed by atoms with Gasteiger partial charge in [0.25, 0.3) is 0 Å². The average Bonchev–Trinajstić information content (AvgIpc) is 2.74. The summed E-state index contributed by atoms with van der Waals surface area (Å²) in [5.74, 6) is 0.443. The molecule has 0 radical (unpaired) electrons. The molecule has 2 aromatic heterocycles. The first-order valence-electron chi connectivity index (χ1n) is 6.43. The Kier molecular flexibility index (Phi) is 4.67. The van der Waals surface area contributed by atoms with Crippen LogP contribution in [0.3, 0.4) is 0 Å². The second kappa shape index (κ2) is 5.80. The van der Waals surface area contributed by atoms with Crippen molar-refractivity contribution in [2.24, 2.45) is 0 Å². The molecule has 0 aromatic carbocycles. The molecule has 3 heteroatoms. The maximum absolute atomic E-state index is 4.43. The van der Waals surface area contributed by atoms with Crippen molar-refractivity contribution >= 4 is 10.9 Å². The van der Waals surface area contributed by atoms with E-state index in [0.717, 1.165) is 5.69 Å². The summed E-state index contributed by atoms with van der Waals surface area (Å²) >= 11 is 0. The van der Waals surface area contributed by atoms with Gasteiger partial charge in [-0.25, -0.2) is 0 Å². The van der Waals surface area contributed by atoms with Crippen LogP contribution in [0.15, 0.2) is 18.5 Å². The molecule has 0 saturated heterocycles. The van der Waals surface area contributed by atoms with Crippen molar-refractivity contribution in [3.8, 4) is 0 Å². The van der Waals surface area contributed by atoms with E-state index < -0.39 is 0 Å². The van der Waals surface area contributed by atoms with Crippen LogP contribution in [-0.4, -0.2) is 14.8 Å². The normalized spacial score (nSPS) is 10.8. The third-order valence-electron chi connectivity index (χ3n) is 2.59. The molecule has 94 valence electrons. The Hall–Kier alpha value is -1.38. The second-order valence-corrected chi connectivity index (χ2v) is 4.47. The van der Waals surface area contributed by atoms with Gasteiger partial charge in [-0.1, -0.05) is 27.7 Å². The predicted octanol–water partition coefficient (Wildman–Crippen LogP) is 4.16. The highest BCUT2D eigenvalue weighted by Gasteiger charge is 2.11. The quantitative estimate of drug-likeness (QED) is 0.779. The van der Waals surface area contributed by atoms with Gasteiger partial charge in [0.05, 0.1) is 17.4 Å². The van der Waals surface area contributed by atoms with Crippen LogP contribution in [0.25, 0.3) is 10.9 Å². The Balaban J connectivity index is 0.000000686. The minimum Gasteiger partial charge on any atom is -0.262 e. The molecule has 2 aromatic rings. The van der Waals surface area contributed by atoms with Crippen molar-refractivity contribution in [3.63, 3.8) is 0 Å². The molecule has 0 fully saturated rings. The molecule has 0 saturated carbocycles. The van der Waals surface area contributed by atoms with E-state index in [4.69, 9.17) is 0 Å². The minimum absolute atomic E-state index is 0.393. The van der Waals surface area contributed by atoms with Gasteiger partial charge >= 0.3 is 0 Å². The largest absolute Gasteiger partial charge is 0.262 e.